The van der Waals surface area contributed by atoms with Crippen molar-refractivity contribution in [3.8, 4) is 0 Å². The molecule has 0 bridgehead atoms. The van der Waals surface area contributed by atoms with Crippen LogP contribution in [0.5, 0.6) is 0 Å². The van der Waals surface area contributed by atoms with Gasteiger partial charge >= 0.3 is 11.9 Å². The largest absolute Gasteiger partial charge is 0.418 e. The molecule has 0 atom stereocenters. The molecule has 0 aliphatic carbocycles. The Balaban J connectivity index is 3.89. The Labute approximate surface area is 118 Å². The maximum atomic E-state index is 12.6. The molecule has 1 aromatic rings. The number of nitro groups is 2. The van der Waals surface area contributed by atoms with Crippen LogP contribution in [0.15, 0.2) is 6.07 Å². The fourth-order valence-electron chi connectivity index (χ4n) is 1.24. The zero-order valence-electron chi connectivity index (χ0n) is 8.70. The second-order valence-corrected chi connectivity index (χ2v) is 5.28. The van der Waals surface area contributed by atoms with Gasteiger partial charge in [0.05, 0.1) is 15.4 Å². The van der Waals surface area contributed by atoms with Gasteiger partial charge in [-0.05, 0) is 0 Å². The first-order valence-electron chi connectivity index (χ1n) is 4.22. The van der Waals surface area contributed by atoms with Crippen molar-refractivity contribution in [3.05, 3.63) is 40.5 Å². The summed E-state index contributed by atoms with van der Waals surface area (Å²) in [5, 5.41) is 20.3. The molecule has 0 amide bonds. The van der Waals surface area contributed by atoms with Crippen LogP contribution >= 0.6 is 32.3 Å². The zero-order valence-corrected chi connectivity index (χ0v) is 11.6. The van der Waals surface area contributed by atoms with E-state index in [0.29, 0.717) is 0 Å². The minimum Gasteiger partial charge on any atom is -0.258 e. The zero-order chi connectivity index (χ0) is 15.0. The second kappa shape index (κ2) is 5.36. The van der Waals surface area contributed by atoms with Crippen molar-refractivity contribution in [3.63, 3.8) is 0 Å². The number of hydrogen-bond acceptors (Lipinski definition) is 4. The van der Waals surface area contributed by atoms with Crippen LogP contribution in [0.4, 0.5) is 24.5 Å². The van der Waals surface area contributed by atoms with Crippen molar-refractivity contribution in [2.24, 2.45) is 0 Å². The van der Waals surface area contributed by atoms with E-state index < -0.39 is 62.3 Å². The van der Waals surface area contributed by atoms with E-state index in [-0.39, 0.29) is 6.07 Å². The highest BCUT2D eigenvalue weighted by atomic mass is 127. The van der Waals surface area contributed by atoms with Crippen molar-refractivity contribution in [1.82, 2.24) is 0 Å². The van der Waals surface area contributed by atoms with Crippen molar-refractivity contribution < 1.29 is 23.0 Å². The molecule has 0 spiro atoms. The molecule has 0 fully saturated rings. The van der Waals surface area contributed by atoms with Crippen LogP contribution in [0.3, 0.4) is 0 Å². The van der Waals surface area contributed by atoms with Crippen LogP contribution in [0.25, 0.3) is 0 Å². The molecule has 1 rings (SSSR count). The Hall–Kier alpha value is -1.30. The van der Waals surface area contributed by atoms with Gasteiger partial charge in [-0.1, -0.05) is 36.8 Å². The lowest BCUT2D eigenvalue weighted by Gasteiger charge is -2.10. The van der Waals surface area contributed by atoms with Gasteiger partial charge in [0.1, 0.15) is 5.02 Å². The van der Waals surface area contributed by atoms with Crippen molar-refractivity contribution in [2.45, 2.75) is 6.18 Å². The average Bonchev–Trinajstić information content (AvgIpc) is 2.25. The molecule has 104 valence electrons. The van der Waals surface area contributed by atoms with Gasteiger partial charge in [0, 0.05) is 6.07 Å². The van der Waals surface area contributed by atoms with E-state index in [1.807, 2.05) is 0 Å². The molecule has 11 heteroatoms. The smallest absolute Gasteiger partial charge is 0.258 e. The van der Waals surface area contributed by atoms with E-state index in [1.54, 1.807) is 0 Å². The van der Waals surface area contributed by atoms with E-state index in [0.717, 1.165) is 0 Å². The first-order chi connectivity index (χ1) is 8.61. The summed E-state index contributed by atoms with van der Waals surface area (Å²) in [6.07, 6.45) is -5.02. The third kappa shape index (κ3) is 3.00. The van der Waals surface area contributed by atoms with E-state index in [2.05, 4.69) is 4.51 Å². The molecule has 0 aliphatic heterocycles. The Morgan fingerprint density at radius 2 is 1.79 bits per heavy atom. The van der Waals surface area contributed by atoms with Gasteiger partial charge in [0.2, 0.25) is 0 Å². The second-order valence-electron chi connectivity index (χ2n) is 3.07. The van der Waals surface area contributed by atoms with Gasteiger partial charge < -0.3 is 0 Å². The summed E-state index contributed by atoms with van der Waals surface area (Å²) in [4.78, 5) is 19.2. The maximum absolute atomic E-state index is 12.6. The molecule has 0 heterocycles. The molecule has 0 aromatic heterocycles. The molecule has 0 aliphatic rings. The van der Waals surface area contributed by atoms with Gasteiger partial charge in [0.15, 0.2) is 3.57 Å². The van der Waals surface area contributed by atoms with Gasteiger partial charge in [-0.2, -0.15) is 13.2 Å². The first kappa shape index (κ1) is 15.8. The van der Waals surface area contributed by atoms with Gasteiger partial charge in [-0.15, -0.1) is 0 Å². The number of nitro benzene ring substituents is 2. The summed E-state index contributed by atoms with van der Waals surface area (Å²) >= 11 is 3.90. The molecule has 0 saturated carbocycles. The van der Waals surface area contributed by atoms with Gasteiger partial charge in [-0.3, -0.25) is 20.2 Å². The van der Waals surface area contributed by atoms with E-state index in [4.69, 9.17) is 11.6 Å². The number of rotatable bonds is 3. The molecule has 6 nitrogen and oxygen atoms in total. The molecular formula is C8H3ClF3IN2O4. The molecular weight excluding hydrogens is 407 g/mol. The number of alkyl halides is 3. The van der Waals surface area contributed by atoms with Gasteiger partial charge in [0.25, 0.3) is 5.69 Å². The Kier molecular flexibility index (Phi) is 4.45. The lowest BCUT2D eigenvalue weighted by molar-refractivity contribution is -0.396. The quantitative estimate of drug-likeness (QED) is 0.431. The molecule has 0 radical (unpaired) electrons. The molecule has 19 heavy (non-hydrogen) atoms. The third-order valence-corrected chi connectivity index (χ3v) is 4.19. The standard InChI is InChI=1S/C8H3ClF3IN2O4/c1-13-6-4(14(16)17)2-3(8(10,11)12)5(9)7(6)15(18)19/h2H,1H2. The molecule has 0 saturated heterocycles. The molecule has 1 aromatic carbocycles. The average molecular weight is 410 g/mol. The third-order valence-electron chi connectivity index (χ3n) is 1.98. The molecule has 0 N–H and O–H groups in total. The van der Waals surface area contributed by atoms with Crippen LogP contribution in [-0.2, 0) is 6.18 Å². The topological polar surface area (TPSA) is 86.3 Å². The fraction of sp³-hybridized carbons (Fsp3) is 0.125. The van der Waals surface area contributed by atoms with Crippen molar-refractivity contribution in [2.75, 3.05) is 0 Å². The van der Waals surface area contributed by atoms with E-state index >= 15 is 0 Å². The Bertz CT molecular complexity index is 590. The van der Waals surface area contributed by atoms with Crippen LogP contribution in [-0.4, -0.2) is 14.4 Å². The minimum atomic E-state index is -5.02. The van der Waals surface area contributed by atoms with E-state index in [1.165, 1.54) is 0 Å². The van der Waals surface area contributed by atoms with Gasteiger partial charge in [-0.25, -0.2) is 0 Å². The maximum Gasteiger partial charge on any atom is 0.418 e. The highest BCUT2D eigenvalue weighted by molar-refractivity contribution is 14.2. The summed E-state index contributed by atoms with van der Waals surface area (Å²) in [5.41, 5.74) is -3.68. The minimum absolute atomic E-state index is 0.204. The number of halogens is 5. The Morgan fingerprint density at radius 3 is 2.11 bits per heavy atom. The monoisotopic (exact) mass is 410 g/mol. The summed E-state index contributed by atoms with van der Waals surface area (Å²) in [6, 6.07) is 0.204. The highest BCUT2D eigenvalue weighted by Crippen LogP contribution is 2.45. The number of benzene rings is 1. The summed E-state index contributed by atoms with van der Waals surface area (Å²) in [7, 11) is 0. The summed E-state index contributed by atoms with van der Waals surface area (Å²) in [6.45, 7) is 0. The predicted octanol–water partition coefficient (Wildman–Crippen LogP) is 3.75. The first-order valence-corrected chi connectivity index (χ1v) is 7.20. The lowest BCUT2D eigenvalue weighted by atomic mass is 10.1. The number of hydrogen-bond donors (Lipinski definition) is 0. The normalized spacial score (nSPS) is 11.4. The number of nitrogens with zero attached hydrogens (tertiary/aromatic N) is 2. The van der Waals surface area contributed by atoms with Crippen LogP contribution in [0, 0.1) is 23.8 Å². The molecule has 0 unspecified atom stereocenters. The van der Waals surface area contributed by atoms with E-state index in [9.17, 15) is 33.4 Å². The van der Waals surface area contributed by atoms with Crippen molar-refractivity contribution >= 4 is 48.2 Å². The predicted molar refractivity (Wildman–Crippen MR) is 69.6 cm³/mol. The van der Waals surface area contributed by atoms with Crippen LogP contribution in [0.1, 0.15) is 5.56 Å². The summed E-state index contributed by atoms with van der Waals surface area (Å²) < 4.78 is 40.8. The Morgan fingerprint density at radius 1 is 1.26 bits per heavy atom. The summed E-state index contributed by atoms with van der Waals surface area (Å²) in [5.74, 6) is 0. The lowest BCUT2D eigenvalue weighted by Crippen LogP contribution is -2.10. The SMILES string of the molecule is C=Ic1c([N+](=O)[O-])cc(C(F)(F)F)c(Cl)c1[N+](=O)[O-]. The fourth-order valence-corrected chi connectivity index (χ4v) is 3.30. The van der Waals surface area contributed by atoms with Crippen LogP contribution < -0.4 is 0 Å². The highest BCUT2D eigenvalue weighted by Gasteiger charge is 2.41. The van der Waals surface area contributed by atoms with Crippen LogP contribution in [0.2, 0.25) is 5.02 Å². The van der Waals surface area contributed by atoms with Crippen molar-refractivity contribution in [1.29, 1.82) is 0 Å².